The number of nitrogens with two attached hydrogens (primary N) is 1. The third kappa shape index (κ3) is 2.30. The first-order valence-electron chi connectivity index (χ1n) is 5.16. The third-order valence-electron chi connectivity index (χ3n) is 2.36. The van der Waals surface area contributed by atoms with Crippen LogP contribution >= 0.6 is 27.5 Å². The van der Waals surface area contributed by atoms with E-state index < -0.39 is 0 Å². The summed E-state index contributed by atoms with van der Waals surface area (Å²) in [6.07, 6.45) is 1.69. The Bertz CT molecular complexity index is 533. The summed E-state index contributed by atoms with van der Waals surface area (Å²) in [5, 5.41) is 4.90. The first kappa shape index (κ1) is 12.4. The van der Waals surface area contributed by atoms with E-state index in [1.165, 1.54) is 0 Å². The molecule has 2 aromatic heterocycles. The lowest BCUT2D eigenvalue weighted by atomic mass is 10.1. The molecule has 17 heavy (non-hydrogen) atoms. The third-order valence-corrected chi connectivity index (χ3v) is 3.22. The average Bonchev–Trinajstić information content (AvgIpc) is 2.58. The van der Waals surface area contributed by atoms with Crippen molar-refractivity contribution in [3.63, 3.8) is 0 Å². The van der Waals surface area contributed by atoms with Crippen LogP contribution in [-0.2, 0) is 0 Å². The fourth-order valence-electron chi connectivity index (χ4n) is 1.47. The second kappa shape index (κ2) is 4.66. The second-order valence-corrected chi connectivity index (χ2v) is 5.28. The van der Waals surface area contributed by atoms with E-state index in [9.17, 15) is 0 Å². The number of anilines is 1. The Kier molecular flexibility index (Phi) is 3.40. The minimum absolute atomic E-state index is 0.224. The van der Waals surface area contributed by atoms with E-state index in [0.29, 0.717) is 16.7 Å². The zero-order valence-electron chi connectivity index (χ0n) is 9.48. The monoisotopic (exact) mass is 314 g/mol. The lowest BCUT2D eigenvalue weighted by molar-refractivity contribution is 0.761. The van der Waals surface area contributed by atoms with Crippen molar-refractivity contribution >= 4 is 33.3 Å². The molecule has 6 heteroatoms. The highest BCUT2D eigenvalue weighted by Crippen LogP contribution is 2.30. The van der Waals surface area contributed by atoms with Crippen LogP contribution in [0.5, 0.6) is 0 Å². The van der Waals surface area contributed by atoms with E-state index in [-0.39, 0.29) is 5.92 Å². The summed E-state index contributed by atoms with van der Waals surface area (Å²) in [4.78, 5) is 4.24. The summed E-state index contributed by atoms with van der Waals surface area (Å²) in [5.41, 5.74) is 6.71. The molecule has 0 saturated heterocycles. The number of halogens is 2. The van der Waals surface area contributed by atoms with Gasteiger partial charge in [-0.15, -0.1) is 0 Å². The lowest BCUT2D eigenvalue weighted by Crippen LogP contribution is -2.04. The van der Waals surface area contributed by atoms with Gasteiger partial charge in [-0.3, -0.25) is 0 Å². The van der Waals surface area contributed by atoms with Crippen LogP contribution in [0.1, 0.15) is 25.5 Å². The highest BCUT2D eigenvalue weighted by Gasteiger charge is 2.17. The Morgan fingerprint density at radius 2 is 2.12 bits per heavy atom. The van der Waals surface area contributed by atoms with Gasteiger partial charge in [-0.1, -0.05) is 25.4 Å². The maximum absolute atomic E-state index is 6.14. The number of hydrogen-bond donors (Lipinski definition) is 1. The van der Waals surface area contributed by atoms with E-state index >= 15 is 0 Å². The summed E-state index contributed by atoms with van der Waals surface area (Å²) in [6.45, 7) is 4.04. The Hall–Kier alpha value is -1.07. The molecule has 90 valence electrons. The predicted molar refractivity (Wildman–Crippen MR) is 72.6 cm³/mol. The summed E-state index contributed by atoms with van der Waals surface area (Å²) in [5.74, 6) is 1.30. The normalized spacial score (nSPS) is 11.1. The van der Waals surface area contributed by atoms with Crippen LogP contribution in [0, 0.1) is 0 Å². The highest BCUT2D eigenvalue weighted by atomic mass is 79.9. The average molecular weight is 316 g/mol. The van der Waals surface area contributed by atoms with Crippen LogP contribution in [0.3, 0.4) is 0 Å². The number of pyridine rings is 1. The van der Waals surface area contributed by atoms with Gasteiger partial charge in [0.05, 0.1) is 5.69 Å². The van der Waals surface area contributed by atoms with Gasteiger partial charge in [0.1, 0.15) is 10.8 Å². The highest BCUT2D eigenvalue weighted by molar-refractivity contribution is 9.10. The second-order valence-electron chi connectivity index (χ2n) is 3.99. The van der Waals surface area contributed by atoms with Crippen molar-refractivity contribution in [1.82, 2.24) is 14.8 Å². The zero-order chi connectivity index (χ0) is 12.6. The number of aromatic nitrogens is 3. The van der Waals surface area contributed by atoms with Crippen LogP contribution in [-0.4, -0.2) is 14.8 Å². The standard InChI is InChI=1S/C11H12BrClN4/c1-6(2)10-9(13)11(14)17(16-10)8-4-3-7(12)5-15-8/h3-6H,14H2,1-2H3. The molecular formula is C11H12BrClN4. The zero-order valence-corrected chi connectivity index (χ0v) is 11.8. The van der Waals surface area contributed by atoms with Crippen molar-refractivity contribution in [1.29, 1.82) is 0 Å². The van der Waals surface area contributed by atoms with Crippen LogP contribution in [0.4, 0.5) is 5.82 Å². The molecule has 0 saturated carbocycles. The van der Waals surface area contributed by atoms with Gasteiger partial charge in [-0.05, 0) is 34.0 Å². The Labute approximate surface area is 113 Å². The van der Waals surface area contributed by atoms with Crippen molar-refractivity contribution in [3.05, 3.63) is 33.5 Å². The van der Waals surface area contributed by atoms with Crippen LogP contribution < -0.4 is 5.73 Å². The number of nitrogens with zero attached hydrogens (tertiary/aromatic N) is 3. The molecule has 0 unspecified atom stereocenters. The van der Waals surface area contributed by atoms with Crippen LogP contribution in [0.2, 0.25) is 5.02 Å². The van der Waals surface area contributed by atoms with E-state index in [0.717, 1.165) is 10.2 Å². The Morgan fingerprint density at radius 3 is 2.59 bits per heavy atom. The summed E-state index contributed by atoms with van der Waals surface area (Å²) < 4.78 is 2.46. The van der Waals surface area contributed by atoms with Gasteiger partial charge in [-0.2, -0.15) is 9.78 Å². The quantitative estimate of drug-likeness (QED) is 0.924. The van der Waals surface area contributed by atoms with Gasteiger partial charge < -0.3 is 5.73 Å². The van der Waals surface area contributed by atoms with Gasteiger partial charge in [0, 0.05) is 10.7 Å². The molecule has 0 atom stereocenters. The molecule has 2 heterocycles. The molecule has 0 amide bonds. The molecule has 0 fully saturated rings. The van der Waals surface area contributed by atoms with Crippen LogP contribution in [0.25, 0.3) is 5.82 Å². The first-order valence-corrected chi connectivity index (χ1v) is 6.33. The SMILES string of the molecule is CC(C)c1nn(-c2ccc(Br)cn2)c(N)c1Cl. The fraction of sp³-hybridized carbons (Fsp3) is 0.273. The lowest BCUT2D eigenvalue weighted by Gasteiger charge is -2.02. The number of nitrogen functional groups attached to an aromatic ring is 1. The van der Waals surface area contributed by atoms with Gasteiger partial charge in [0.15, 0.2) is 5.82 Å². The maximum atomic E-state index is 6.14. The molecule has 0 aliphatic carbocycles. The largest absolute Gasteiger partial charge is 0.382 e. The van der Waals surface area contributed by atoms with E-state index in [1.54, 1.807) is 10.9 Å². The minimum Gasteiger partial charge on any atom is -0.382 e. The Morgan fingerprint density at radius 1 is 1.41 bits per heavy atom. The molecular weight excluding hydrogens is 304 g/mol. The number of hydrogen-bond acceptors (Lipinski definition) is 3. The predicted octanol–water partition coefficient (Wildman–Crippen LogP) is 3.39. The summed E-state index contributed by atoms with van der Waals surface area (Å²) >= 11 is 9.47. The topological polar surface area (TPSA) is 56.7 Å². The number of rotatable bonds is 2. The van der Waals surface area contributed by atoms with Crippen molar-refractivity contribution in [2.24, 2.45) is 0 Å². The molecule has 0 bridgehead atoms. The molecule has 2 rings (SSSR count). The molecule has 0 aliphatic heterocycles. The Balaban J connectivity index is 2.53. The summed E-state index contributed by atoms with van der Waals surface area (Å²) in [6, 6.07) is 3.71. The molecule has 2 aromatic rings. The van der Waals surface area contributed by atoms with Gasteiger partial charge in [-0.25, -0.2) is 4.98 Å². The van der Waals surface area contributed by atoms with E-state index in [1.807, 2.05) is 26.0 Å². The smallest absolute Gasteiger partial charge is 0.155 e. The molecule has 0 spiro atoms. The van der Waals surface area contributed by atoms with Gasteiger partial charge in [0.25, 0.3) is 0 Å². The summed E-state index contributed by atoms with van der Waals surface area (Å²) in [7, 11) is 0. The minimum atomic E-state index is 0.224. The molecule has 4 nitrogen and oxygen atoms in total. The van der Waals surface area contributed by atoms with E-state index in [2.05, 4.69) is 26.0 Å². The van der Waals surface area contributed by atoms with Crippen molar-refractivity contribution in [3.8, 4) is 5.82 Å². The maximum Gasteiger partial charge on any atom is 0.155 e. The van der Waals surface area contributed by atoms with Gasteiger partial charge >= 0.3 is 0 Å². The molecule has 0 aliphatic rings. The fourth-order valence-corrected chi connectivity index (χ4v) is 2.04. The van der Waals surface area contributed by atoms with E-state index in [4.69, 9.17) is 17.3 Å². The van der Waals surface area contributed by atoms with Crippen molar-refractivity contribution < 1.29 is 0 Å². The van der Waals surface area contributed by atoms with Crippen molar-refractivity contribution in [2.45, 2.75) is 19.8 Å². The molecule has 0 aromatic carbocycles. The van der Waals surface area contributed by atoms with Crippen LogP contribution in [0.15, 0.2) is 22.8 Å². The first-order chi connectivity index (χ1) is 8.00. The van der Waals surface area contributed by atoms with Crippen molar-refractivity contribution in [2.75, 3.05) is 5.73 Å². The molecule has 2 N–H and O–H groups in total. The van der Waals surface area contributed by atoms with Gasteiger partial charge in [0.2, 0.25) is 0 Å². The molecule has 0 radical (unpaired) electrons.